The lowest BCUT2D eigenvalue weighted by Gasteiger charge is -1.99. The molecule has 18 heavy (non-hydrogen) atoms. The number of esters is 1. The smallest absolute Gasteiger partial charge is 0.330 e. The molecule has 1 aromatic heterocycles. The number of H-pyrrole nitrogens is 1. The summed E-state index contributed by atoms with van der Waals surface area (Å²) >= 11 is 0. The Labute approximate surface area is 105 Å². The number of benzene rings is 1. The molecule has 0 saturated heterocycles. The molecule has 0 spiro atoms. The number of nitrogens with zero attached hydrogens (tertiary/aromatic N) is 1. The second-order valence-electron chi connectivity index (χ2n) is 3.79. The van der Waals surface area contributed by atoms with Gasteiger partial charge in [-0.1, -0.05) is 30.3 Å². The number of hydrogen-bond donors (Lipinski definition) is 1. The molecule has 0 bridgehead atoms. The molecule has 0 aliphatic heterocycles. The maximum Gasteiger partial charge on any atom is 0.330 e. The van der Waals surface area contributed by atoms with Crippen LogP contribution in [-0.2, 0) is 16.0 Å². The van der Waals surface area contributed by atoms with E-state index in [-0.39, 0.29) is 5.97 Å². The topological polar surface area (TPSA) is 55.0 Å². The lowest BCUT2D eigenvalue weighted by atomic mass is 10.1. The number of aromatic nitrogens is 2. The second-order valence-corrected chi connectivity index (χ2v) is 3.79. The minimum atomic E-state index is -0.385. The maximum absolute atomic E-state index is 11.0. The van der Waals surface area contributed by atoms with E-state index < -0.39 is 0 Å². The van der Waals surface area contributed by atoms with E-state index in [0.29, 0.717) is 0 Å². The van der Waals surface area contributed by atoms with Gasteiger partial charge in [0.1, 0.15) is 0 Å². The van der Waals surface area contributed by atoms with Gasteiger partial charge >= 0.3 is 5.97 Å². The fourth-order valence-electron chi connectivity index (χ4n) is 1.63. The van der Waals surface area contributed by atoms with Crippen LogP contribution in [0.1, 0.15) is 17.0 Å². The number of nitrogens with one attached hydrogen (secondary N) is 1. The maximum atomic E-state index is 11.0. The van der Waals surface area contributed by atoms with Crippen LogP contribution in [0.2, 0.25) is 0 Å². The van der Waals surface area contributed by atoms with Gasteiger partial charge in [-0.3, -0.25) is 0 Å². The predicted molar refractivity (Wildman–Crippen MR) is 68.9 cm³/mol. The van der Waals surface area contributed by atoms with Crippen LogP contribution in [-0.4, -0.2) is 23.0 Å². The summed E-state index contributed by atoms with van der Waals surface area (Å²) in [5.74, 6) is -0.385. The zero-order valence-corrected chi connectivity index (χ0v) is 10.1. The zero-order valence-electron chi connectivity index (χ0n) is 10.1. The highest BCUT2D eigenvalue weighted by Crippen LogP contribution is 2.11. The standard InChI is InChI=1S/C14H14N2O2/c1-18-14(17)8-7-12-13(16-10-15-12)9-11-5-3-2-4-6-11/h2-8,10H,9H2,1H3,(H,15,16)/b8-7+. The van der Waals surface area contributed by atoms with Crippen molar-refractivity contribution < 1.29 is 9.53 Å². The Morgan fingerprint density at radius 3 is 2.89 bits per heavy atom. The van der Waals surface area contributed by atoms with Crippen molar-refractivity contribution >= 4 is 12.0 Å². The monoisotopic (exact) mass is 242 g/mol. The van der Waals surface area contributed by atoms with Crippen molar-refractivity contribution in [3.63, 3.8) is 0 Å². The average molecular weight is 242 g/mol. The summed E-state index contributed by atoms with van der Waals surface area (Å²) in [6, 6.07) is 10.1. The molecule has 0 aliphatic rings. The van der Waals surface area contributed by atoms with Gasteiger partial charge in [0.05, 0.1) is 19.1 Å². The molecule has 4 heteroatoms. The van der Waals surface area contributed by atoms with Gasteiger partial charge in [-0.15, -0.1) is 0 Å². The molecule has 0 saturated carbocycles. The highest BCUT2D eigenvalue weighted by atomic mass is 16.5. The SMILES string of the molecule is COC(=O)/C=C/c1nc[nH]c1Cc1ccccc1. The lowest BCUT2D eigenvalue weighted by molar-refractivity contribution is -0.134. The number of imidazole rings is 1. The van der Waals surface area contributed by atoms with E-state index in [4.69, 9.17) is 0 Å². The van der Waals surface area contributed by atoms with Crippen molar-refractivity contribution in [1.29, 1.82) is 0 Å². The van der Waals surface area contributed by atoms with Gasteiger partial charge in [-0.25, -0.2) is 9.78 Å². The molecule has 1 heterocycles. The van der Waals surface area contributed by atoms with Gasteiger partial charge in [0.25, 0.3) is 0 Å². The van der Waals surface area contributed by atoms with Crippen molar-refractivity contribution in [1.82, 2.24) is 9.97 Å². The van der Waals surface area contributed by atoms with E-state index in [1.165, 1.54) is 18.7 Å². The van der Waals surface area contributed by atoms with Gasteiger partial charge in [0.15, 0.2) is 0 Å². The number of carbonyl (C=O) groups is 1. The summed E-state index contributed by atoms with van der Waals surface area (Å²) in [5.41, 5.74) is 2.92. The van der Waals surface area contributed by atoms with Gasteiger partial charge < -0.3 is 9.72 Å². The van der Waals surface area contributed by atoms with Crippen molar-refractivity contribution in [2.75, 3.05) is 7.11 Å². The first-order chi connectivity index (χ1) is 8.79. The molecule has 0 amide bonds. The lowest BCUT2D eigenvalue weighted by Crippen LogP contribution is -1.95. The van der Waals surface area contributed by atoms with Gasteiger partial charge in [0.2, 0.25) is 0 Å². The molecule has 2 rings (SSSR count). The van der Waals surface area contributed by atoms with Crippen LogP contribution in [0.15, 0.2) is 42.7 Å². The van der Waals surface area contributed by atoms with Crippen molar-refractivity contribution in [2.24, 2.45) is 0 Å². The Morgan fingerprint density at radius 2 is 2.17 bits per heavy atom. The van der Waals surface area contributed by atoms with Crippen molar-refractivity contribution in [2.45, 2.75) is 6.42 Å². The largest absolute Gasteiger partial charge is 0.466 e. The number of hydrogen-bond acceptors (Lipinski definition) is 3. The molecule has 92 valence electrons. The Hall–Kier alpha value is -2.36. The molecule has 0 unspecified atom stereocenters. The summed E-state index contributed by atoms with van der Waals surface area (Å²) in [5, 5.41) is 0. The van der Waals surface area contributed by atoms with E-state index in [1.807, 2.05) is 18.2 Å². The fraction of sp³-hybridized carbons (Fsp3) is 0.143. The molecule has 1 N–H and O–H groups in total. The average Bonchev–Trinajstić information content (AvgIpc) is 2.84. The van der Waals surface area contributed by atoms with E-state index in [2.05, 4.69) is 26.8 Å². The van der Waals surface area contributed by atoms with Crippen LogP contribution in [0, 0.1) is 0 Å². The molecule has 0 fully saturated rings. The van der Waals surface area contributed by atoms with E-state index in [9.17, 15) is 4.79 Å². The van der Waals surface area contributed by atoms with Crippen LogP contribution < -0.4 is 0 Å². The molecule has 1 aromatic carbocycles. The minimum absolute atomic E-state index is 0.385. The summed E-state index contributed by atoms with van der Waals surface area (Å²) in [6.45, 7) is 0. The molecular formula is C14H14N2O2. The third kappa shape index (κ3) is 3.07. The molecule has 0 radical (unpaired) electrons. The van der Waals surface area contributed by atoms with Crippen LogP contribution in [0.4, 0.5) is 0 Å². The number of aromatic amines is 1. The highest BCUT2D eigenvalue weighted by Gasteiger charge is 2.04. The first-order valence-corrected chi connectivity index (χ1v) is 5.62. The number of ether oxygens (including phenoxy) is 1. The van der Waals surface area contributed by atoms with E-state index >= 15 is 0 Å². The Morgan fingerprint density at radius 1 is 1.39 bits per heavy atom. The van der Waals surface area contributed by atoms with Crippen LogP contribution in [0.3, 0.4) is 0 Å². The van der Waals surface area contributed by atoms with Gasteiger partial charge in [0, 0.05) is 18.2 Å². The third-order valence-electron chi connectivity index (χ3n) is 2.55. The zero-order chi connectivity index (χ0) is 12.8. The quantitative estimate of drug-likeness (QED) is 0.660. The van der Waals surface area contributed by atoms with Crippen molar-refractivity contribution in [3.8, 4) is 0 Å². The molecular weight excluding hydrogens is 228 g/mol. The number of carbonyl (C=O) groups excluding carboxylic acids is 1. The van der Waals surface area contributed by atoms with E-state index in [0.717, 1.165) is 17.8 Å². The Kier molecular flexibility index (Phi) is 3.91. The van der Waals surface area contributed by atoms with E-state index in [1.54, 1.807) is 12.4 Å². The van der Waals surface area contributed by atoms with Crippen LogP contribution >= 0.6 is 0 Å². The fourth-order valence-corrected chi connectivity index (χ4v) is 1.63. The Bertz CT molecular complexity index is 544. The van der Waals surface area contributed by atoms with Crippen molar-refractivity contribution in [3.05, 3.63) is 59.7 Å². The van der Waals surface area contributed by atoms with Crippen LogP contribution in [0.25, 0.3) is 6.08 Å². The van der Waals surface area contributed by atoms with Crippen LogP contribution in [0.5, 0.6) is 0 Å². The summed E-state index contributed by atoms with van der Waals surface area (Å²) in [7, 11) is 1.35. The molecule has 4 nitrogen and oxygen atoms in total. The number of rotatable bonds is 4. The normalized spacial score (nSPS) is 10.7. The molecule has 0 aliphatic carbocycles. The summed E-state index contributed by atoms with van der Waals surface area (Å²) in [4.78, 5) is 18.3. The summed E-state index contributed by atoms with van der Waals surface area (Å²) < 4.78 is 4.54. The second kappa shape index (κ2) is 5.82. The Balaban J connectivity index is 2.13. The highest BCUT2D eigenvalue weighted by molar-refractivity contribution is 5.86. The van der Waals surface area contributed by atoms with Gasteiger partial charge in [-0.05, 0) is 11.6 Å². The molecule has 2 aromatic rings. The number of methoxy groups -OCH3 is 1. The third-order valence-corrected chi connectivity index (χ3v) is 2.55. The molecule has 0 atom stereocenters. The first kappa shape index (κ1) is 12.1. The summed E-state index contributed by atoms with van der Waals surface area (Å²) in [6.07, 6.45) is 5.39. The minimum Gasteiger partial charge on any atom is -0.466 e. The first-order valence-electron chi connectivity index (χ1n) is 5.62. The van der Waals surface area contributed by atoms with Gasteiger partial charge in [-0.2, -0.15) is 0 Å². The predicted octanol–water partition coefficient (Wildman–Crippen LogP) is 2.19.